The van der Waals surface area contributed by atoms with Crippen molar-refractivity contribution in [2.75, 3.05) is 33.2 Å². The number of aryl methyl sites for hydroxylation is 1. The number of carboxylic acids is 1. The predicted molar refractivity (Wildman–Crippen MR) is 84.5 cm³/mol. The van der Waals surface area contributed by atoms with Crippen LogP contribution in [0.2, 0.25) is 0 Å². The van der Waals surface area contributed by atoms with Gasteiger partial charge in [0.15, 0.2) is 0 Å². The Morgan fingerprint density at radius 2 is 1.95 bits per heavy atom. The first-order valence-electron chi connectivity index (χ1n) is 7.83. The van der Waals surface area contributed by atoms with Gasteiger partial charge in [-0.2, -0.15) is 0 Å². The normalized spacial score (nSPS) is 17.2. The maximum atomic E-state index is 10.7. The lowest BCUT2D eigenvalue weighted by Gasteiger charge is -2.36. The van der Waals surface area contributed by atoms with E-state index in [1.54, 1.807) is 0 Å². The second-order valence-electron chi connectivity index (χ2n) is 5.97. The summed E-state index contributed by atoms with van der Waals surface area (Å²) in [6.45, 7) is 3.47. The molecular weight excluding hydrogens is 264 g/mol. The summed E-state index contributed by atoms with van der Waals surface area (Å²) in [5, 5.41) is 8.84. The van der Waals surface area contributed by atoms with Gasteiger partial charge < -0.3 is 10.0 Å². The molecule has 1 aliphatic rings. The second kappa shape index (κ2) is 8.15. The molecule has 1 fully saturated rings. The fourth-order valence-electron chi connectivity index (χ4n) is 3.08. The Balaban J connectivity index is 1.64. The lowest BCUT2D eigenvalue weighted by atomic mass is 10.0. The predicted octanol–water partition coefficient (Wildman–Crippen LogP) is 2.10. The minimum Gasteiger partial charge on any atom is -0.480 e. The zero-order valence-corrected chi connectivity index (χ0v) is 12.9. The molecule has 0 aliphatic carbocycles. The van der Waals surface area contributed by atoms with Crippen LogP contribution in [0.15, 0.2) is 30.3 Å². The summed E-state index contributed by atoms with van der Waals surface area (Å²) in [6, 6.07) is 11.0. The van der Waals surface area contributed by atoms with Gasteiger partial charge in [0.05, 0.1) is 6.54 Å². The maximum Gasteiger partial charge on any atom is 0.317 e. The number of carbonyl (C=O) groups is 1. The summed E-state index contributed by atoms with van der Waals surface area (Å²) in [4.78, 5) is 15.2. The smallest absolute Gasteiger partial charge is 0.317 e. The molecule has 2 rings (SSSR count). The number of rotatable bonds is 7. The molecule has 0 amide bonds. The lowest BCUT2D eigenvalue weighted by molar-refractivity contribution is -0.138. The van der Waals surface area contributed by atoms with Crippen molar-refractivity contribution in [1.29, 1.82) is 0 Å². The van der Waals surface area contributed by atoms with Crippen LogP contribution >= 0.6 is 0 Å². The number of aliphatic carboxylic acids is 1. The third-order valence-corrected chi connectivity index (χ3v) is 4.35. The van der Waals surface area contributed by atoms with Gasteiger partial charge in [0.1, 0.15) is 0 Å². The molecule has 4 nitrogen and oxygen atoms in total. The van der Waals surface area contributed by atoms with Crippen LogP contribution in [0.25, 0.3) is 0 Å². The number of nitrogens with zero attached hydrogens (tertiary/aromatic N) is 2. The van der Waals surface area contributed by atoms with Crippen molar-refractivity contribution in [1.82, 2.24) is 9.80 Å². The van der Waals surface area contributed by atoms with Gasteiger partial charge in [0.2, 0.25) is 0 Å². The number of likely N-dealkylation sites (tertiary alicyclic amines) is 1. The van der Waals surface area contributed by atoms with Gasteiger partial charge in [0, 0.05) is 6.04 Å². The first-order valence-corrected chi connectivity index (χ1v) is 7.83. The van der Waals surface area contributed by atoms with Crippen LogP contribution in [0, 0.1) is 0 Å². The Labute approximate surface area is 127 Å². The van der Waals surface area contributed by atoms with Crippen molar-refractivity contribution in [3.05, 3.63) is 35.9 Å². The highest BCUT2D eigenvalue weighted by Crippen LogP contribution is 2.16. The highest BCUT2D eigenvalue weighted by atomic mass is 16.4. The largest absolute Gasteiger partial charge is 0.480 e. The summed E-state index contributed by atoms with van der Waals surface area (Å²) in [5.41, 5.74) is 1.41. The maximum absolute atomic E-state index is 10.7. The average molecular weight is 290 g/mol. The molecule has 1 heterocycles. The van der Waals surface area contributed by atoms with Gasteiger partial charge in [-0.05, 0) is 57.9 Å². The quantitative estimate of drug-likeness (QED) is 0.835. The Morgan fingerprint density at radius 3 is 2.57 bits per heavy atom. The van der Waals surface area contributed by atoms with Crippen LogP contribution in [0.1, 0.15) is 24.8 Å². The Bertz CT molecular complexity index is 428. The first-order chi connectivity index (χ1) is 10.1. The Kier molecular flexibility index (Phi) is 6.21. The van der Waals surface area contributed by atoms with E-state index in [9.17, 15) is 4.79 Å². The molecule has 0 atom stereocenters. The van der Waals surface area contributed by atoms with Crippen LogP contribution < -0.4 is 0 Å². The minimum atomic E-state index is -0.734. The summed E-state index contributed by atoms with van der Waals surface area (Å²) >= 11 is 0. The van der Waals surface area contributed by atoms with Gasteiger partial charge in [0.25, 0.3) is 0 Å². The van der Waals surface area contributed by atoms with E-state index in [4.69, 9.17) is 5.11 Å². The molecule has 1 aliphatic heterocycles. The molecule has 0 aromatic heterocycles. The molecule has 116 valence electrons. The molecule has 0 saturated carbocycles. The lowest BCUT2D eigenvalue weighted by Crippen LogP contribution is -2.45. The summed E-state index contributed by atoms with van der Waals surface area (Å²) < 4.78 is 0. The van der Waals surface area contributed by atoms with Crippen LogP contribution in [0.4, 0.5) is 0 Å². The summed E-state index contributed by atoms with van der Waals surface area (Å²) in [6.07, 6.45) is 4.49. The summed E-state index contributed by atoms with van der Waals surface area (Å²) in [5.74, 6) is -0.734. The van der Waals surface area contributed by atoms with E-state index in [-0.39, 0.29) is 6.54 Å². The minimum absolute atomic E-state index is 0.151. The second-order valence-corrected chi connectivity index (χ2v) is 5.97. The van der Waals surface area contributed by atoms with Gasteiger partial charge in [-0.15, -0.1) is 0 Å². The summed E-state index contributed by atoms with van der Waals surface area (Å²) in [7, 11) is 1.92. The number of carboxylic acid groups (broad SMARTS) is 1. The van der Waals surface area contributed by atoms with Crippen molar-refractivity contribution >= 4 is 5.97 Å². The van der Waals surface area contributed by atoms with E-state index in [0.717, 1.165) is 38.9 Å². The number of hydrogen-bond donors (Lipinski definition) is 1. The molecule has 1 saturated heterocycles. The monoisotopic (exact) mass is 290 g/mol. The van der Waals surface area contributed by atoms with Gasteiger partial charge in [-0.3, -0.25) is 9.69 Å². The molecular formula is C17H26N2O2. The zero-order chi connectivity index (χ0) is 15.1. The molecule has 1 aromatic rings. The van der Waals surface area contributed by atoms with E-state index in [0.29, 0.717) is 6.04 Å². The Hall–Kier alpha value is -1.39. The van der Waals surface area contributed by atoms with Crippen LogP contribution in [0.5, 0.6) is 0 Å². The van der Waals surface area contributed by atoms with Crippen LogP contribution in [-0.2, 0) is 11.2 Å². The van der Waals surface area contributed by atoms with Crippen LogP contribution in [0.3, 0.4) is 0 Å². The number of benzene rings is 1. The number of likely N-dealkylation sites (N-methyl/N-ethyl adjacent to an activating group) is 1. The number of hydrogen-bond acceptors (Lipinski definition) is 3. The van der Waals surface area contributed by atoms with Crippen molar-refractivity contribution in [2.24, 2.45) is 0 Å². The fourth-order valence-corrected chi connectivity index (χ4v) is 3.08. The van der Waals surface area contributed by atoms with E-state index < -0.39 is 5.97 Å². The standard InChI is InChI=1S/C17H26N2O2/c1-18(14-17(20)21)16-9-12-19(13-10-16)11-5-8-15-6-3-2-4-7-15/h2-4,6-7,16H,5,8-14H2,1H3,(H,20,21). The van der Waals surface area contributed by atoms with Gasteiger partial charge >= 0.3 is 5.97 Å². The van der Waals surface area contributed by atoms with Crippen LogP contribution in [-0.4, -0.2) is 60.1 Å². The topological polar surface area (TPSA) is 43.8 Å². The van der Waals surface area contributed by atoms with Crippen molar-refractivity contribution in [3.63, 3.8) is 0 Å². The molecule has 0 bridgehead atoms. The van der Waals surface area contributed by atoms with E-state index in [1.807, 2.05) is 11.9 Å². The van der Waals surface area contributed by atoms with Crippen molar-refractivity contribution < 1.29 is 9.90 Å². The van der Waals surface area contributed by atoms with Crippen molar-refractivity contribution in [2.45, 2.75) is 31.7 Å². The molecule has 0 spiro atoms. The fraction of sp³-hybridized carbons (Fsp3) is 0.588. The molecule has 4 heteroatoms. The average Bonchev–Trinajstić information content (AvgIpc) is 2.48. The SMILES string of the molecule is CN(CC(=O)O)C1CCN(CCCc2ccccc2)CC1. The first kappa shape index (κ1) is 16.0. The van der Waals surface area contributed by atoms with E-state index in [2.05, 4.69) is 35.2 Å². The third-order valence-electron chi connectivity index (χ3n) is 4.35. The van der Waals surface area contributed by atoms with Crippen molar-refractivity contribution in [3.8, 4) is 0 Å². The highest BCUT2D eigenvalue weighted by molar-refractivity contribution is 5.69. The number of piperidine rings is 1. The molecule has 0 unspecified atom stereocenters. The molecule has 21 heavy (non-hydrogen) atoms. The van der Waals surface area contributed by atoms with Gasteiger partial charge in [-0.25, -0.2) is 0 Å². The third kappa shape index (κ3) is 5.48. The molecule has 0 radical (unpaired) electrons. The van der Waals surface area contributed by atoms with Gasteiger partial charge in [-0.1, -0.05) is 30.3 Å². The highest BCUT2D eigenvalue weighted by Gasteiger charge is 2.23. The molecule has 1 aromatic carbocycles. The Morgan fingerprint density at radius 1 is 1.29 bits per heavy atom. The van der Waals surface area contributed by atoms with E-state index >= 15 is 0 Å². The zero-order valence-electron chi connectivity index (χ0n) is 12.9. The van der Waals surface area contributed by atoms with E-state index in [1.165, 1.54) is 12.0 Å². The molecule has 1 N–H and O–H groups in total.